The van der Waals surface area contributed by atoms with E-state index < -0.39 is 23.1 Å². The maximum absolute atomic E-state index is 13.6. The Morgan fingerprint density at radius 3 is 2.56 bits per heavy atom. The molecule has 4 bridgehead atoms. The van der Waals surface area contributed by atoms with Crippen molar-refractivity contribution >= 4 is 17.5 Å². The predicted octanol–water partition coefficient (Wildman–Crippen LogP) is 3.08. The molecule has 6 nitrogen and oxygen atoms in total. The first-order chi connectivity index (χ1) is 12.9. The highest BCUT2D eigenvalue weighted by Crippen LogP contribution is 2.60. The number of benzene rings is 1. The Labute approximate surface area is 159 Å². The number of aromatic nitrogens is 4. The van der Waals surface area contributed by atoms with Gasteiger partial charge < -0.3 is 5.32 Å². The quantitative estimate of drug-likeness (QED) is 0.813. The fourth-order valence-corrected chi connectivity index (χ4v) is 6.22. The van der Waals surface area contributed by atoms with E-state index in [2.05, 4.69) is 20.7 Å². The van der Waals surface area contributed by atoms with E-state index in [1.807, 2.05) is 0 Å². The summed E-state index contributed by atoms with van der Waals surface area (Å²) in [5, 5.41) is 15.3. The number of nitrogens with one attached hydrogen (secondary N) is 1. The molecule has 142 valence electrons. The van der Waals surface area contributed by atoms with Gasteiger partial charge in [0.15, 0.2) is 18.0 Å². The second-order valence-electron chi connectivity index (χ2n) is 8.39. The minimum Gasteiger partial charge on any atom is -0.346 e. The maximum Gasteiger partial charge on any atom is 0.253 e. The standard InChI is InChI=1S/C18H18ClF2N5O/c19-13-3-15(21)14(20)2-12(13)16(27)24-17-4-10-1-11(5-17)7-18(6-10,8-17)26-23-9-22-25-26/h2-3,9-11H,1,4-8H2,(H,24,27). The average molecular weight is 394 g/mol. The topological polar surface area (TPSA) is 72.7 Å². The van der Waals surface area contributed by atoms with Crippen molar-refractivity contribution in [3.05, 3.63) is 40.7 Å². The van der Waals surface area contributed by atoms with Crippen LogP contribution >= 0.6 is 11.6 Å². The highest BCUT2D eigenvalue weighted by Gasteiger charge is 2.60. The SMILES string of the molecule is O=C(NC12CC3CC(C1)CC(n1ncnn1)(C3)C2)c1cc(F)c(F)cc1Cl. The van der Waals surface area contributed by atoms with Gasteiger partial charge in [0.1, 0.15) is 0 Å². The van der Waals surface area contributed by atoms with Gasteiger partial charge in [0, 0.05) is 5.54 Å². The molecule has 0 radical (unpaired) electrons. The monoisotopic (exact) mass is 393 g/mol. The van der Waals surface area contributed by atoms with Gasteiger partial charge in [0.2, 0.25) is 0 Å². The van der Waals surface area contributed by atoms with Crippen LogP contribution < -0.4 is 5.32 Å². The molecule has 2 unspecified atom stereocenters. The number of amides is 1. The summed E-state index contributed by atoms with van der Waals surface area (Å²) in [6, 6.07) is 1.70. The molecular formula is C18H18ClF2N5O. The molecule has 6 rings (SSSR count). The van der Waals surface area contributed by atoms with Crippen LogP contribution in [0.25, 0.3) is 0 Å². The maximum atomic E-state index is 13.6. The first-order valence-corrected chi connectivity index (χ1v) is 9.46. The summed E-state index contributed by atoms with van der Waals surface area (Å²) in [6.07, 6.45) is 6.97. The van der Waals surface area contributed by atoms with Crippen molar-refractivity contribution in [1.82, 2.24) is 25.5 Å². The summed E-state index contributed by atoms with van der Waals surface area (Å²) in [6.45, 7) is 0. The Morgan fingerprint density at radius 1 is 1.19 bits per heavy atom. The lowest BCUT2D eigenvalue weighted by atomic mass is 9.50. The number of hydrogen-bond donors (Lipinski definition) is 1. The molecular weight excluding hydrogens is 376 g/mol. The summed E-state index contributed by atoms with van der Waals surface area (Å²) >= 11 is 5.99. The molecule has 4 fully saturated rings. The van der Waals surface area contributed by atoms with Crippen LogP contribution in [-0.2, 0) is 5.54 Å². The number of nitrogens with zero attached hydrogens (tertiary/aromatic N) is 4. The van der Waals surface area contributed by atoms with Gasteiger partial charge in [-0.3, -0.25) is 4.79 Å². The van der Waals surface area contributed by atoms with Crippen molar-refractivity contribution in [2.24, 2.45) is 11.8 Å². The largest absolute Gasteiger partial charge is 0.346 e. The van der Waals surface area contributed by atoms with Gasteiger partial charge in [0.05, 0.1) is 16.1 Å². The third-order valence-corrected chi connectivity index (χ3v) is 6.75. The molecule has 0 spiro atoms. The Morgan fingerprint density at radius 2 is 1.89 bits per heavy atom. The van der Waals surface area contributed by atoms with Crippen molar-refractivity contribution in [1.29, 1.82) is 0 Å². The molecule has 4 aliphatic rings. The zero-order chi connectivity index (χ0) is 18.8. The second-order valence-corrected chi connectivity index (χ2v) is 8.80. The van der Waals surface area contributed by atoms with Gasteiger partial charge in [-0.1, -0.05) is 11.6 Å². The van der Waals surface area contributed by atoms with Crippen LogP contribution in [-0.4, -0.2) is 31.7 Å². The van der Waals surface area contributed by atoms with E-state index >= 15 is 0 Å². The van der Waals surface area contributed by atoms with Crippen molar-refractivity contribution in [2.75, 3.05) is 0 Å². The molecule has 9 heteroatoms. The van der Waals surface area contributed by atoms with Crippen molar-refractivity contribution in [3.63, 3.8) is 0 Å². The summed E-state index contributed by atoms with van der Waals surface area (Å²) in [7, 11) is 0. The van der Waals surface area contributed by atoms with Crippen molar-refractivity contribution in [3.8, 4) is 0 Å². The van der Waals surface area contributed by atoms with E-state index in [1.165, 1.54) is 6.33 Å². The highest BCUT2D eigenvalue weighted by molar-refractivity contribution is 6.33. The summed E-state index contributed by atoms with van der Waals surface area (Å²) in [5.41, 5.74) is -0.700. The summed E-state index contributed by atoms with van der Waals surface area (Å²) < 4.78 is 27.0. The second kappa shape index (κ2) is 5.70. The summed E-state index contributed by atoms with van der Waals surface area (Å²) in [5.74, 6) is -1.68. The van der Waals surface area contributed by atoms with Crippen LogP contribution in [0, 0.1) is 23.5 Å². The van der Waals surface area contributed by atoms with Crippen molar-refractivity contribution in [2.45, 2.75) is 49.6 Å². The Bertz CT molecular complexity index is 905. The van der Waals surface area contributed by atoms with Gasteiger partial charge in [-0.25, -0.2) is 8.78 Å². The number of tetrazole rings is 1. The number of carbonyl (C=O) groups is 1. The predicted molar refractivity (Wildman–Crippen MR) is 92.0 cm³/mol. The smallest absolute Gasteiger partial charge is 0.253 e. The lowest BCUT2D eigenvalue weighted by molar-refractivity contribution is -0.0810. The van der Waals surface area contributed by atoms with E-state index in [9.17, 15) is 13.6 Å². The van der Waals surface area contributed by atoms with Gasteiger partial charge >= 0.3 is 0 Å². The van der Waals surface area contributed by atoms with Gasteiger partial charge in [-0.15, -0.1) is 10.2 Å². The number of rotatable bonds is 3. The van der Waals surface area contributed by atoms with E-state index in [4.69, 9.17) is 11.6 Å². The highest BCUT2D eigenvalue weighted by atomic mass is 35.5. The van der Waals surface area contributed by atoms with Crippen LogP contribution in [0.2, 0.25) is 5.02 Å². The average Bonchev–Trinajstić information content (AvgIpc) is 3.12. The fourth-order valence-electron chi connectivity index (χ4n) is 5.98. The van der Waals surface area contributed by atoms with Crippen LogP contribution in [0.1, 0.15) is 48.9 Å². The molecule has 1 aromatic carbocycles. The zero-order valence-corrected chi connectivity index (χ0v) is 15.2. The minimum atomic E-state index is -1.08. The molecule has 2 atom stereocenters. The van der Waals surface area contributed by atoms with E-state index in [1.54, 1.807) is 4.80 Å². The third kappa shape index (κ3) is 2.64. The van der Waals surface area contributed by atoms with Crippen LogP contribution in [0.15, 0.2) is 18.5 Å². The van der Waals surface area contributed by atoms with E-state index in [0.717, 1.165) is 44.2 Å². The number of carbonyl (C=O) groups excluding carboxylic acids is 1. The fraction of sp³-hybridized carbons (Fsp3) is 0.556. The van der Waals surface area contributed by atoms with Crippen molar-refractivity contribution < 1.29 is 13.6 Å². The van der Waals surface area contributed by atoms with Gasteiger partial charge in [-0.2, -0.15) is 4.80 Å². The zero-order valence-electron chi connectivity index (χ0n) is 14.5. The van der Waals surface area contributed by atoms with Gasteiger partial charge in [-0.05, 0) is 67.7 Å². The molecule has 1 amide bonds. The number of halogens is 3. The van der Waals surface area contributed by atoms with Crippen LogP contribution in [0.5, 0.6) is 0 Å². The lowest BCUT2D eigenvalue weighted by Crippen LogP contribution is -2.66. The molecule has 0 saturated heterocycles. The molecule has 1 heterocycles. The van der Waals surface area contributed by atoms with Gasteiger partial charge in [0.25, 0.3) is 5.91 Å². The molecule has 4 aliphatic carbocycles. The van der Waals surface area contributed by atoms with E-state index in [0.29, 0.717) is 18.3 Å². The third-order valence-electron chi connectivity index (χ3n) is 6.44. The molecule has 1 N–H and O–H groups in total. The summed E-state index contributed by atoms with van der Waals surface area (Å²) in [4.78, 5) is 14.6. The molecule has 27 heavy (non-hydrogen) atoms. The normalized spacial score (nSPS) is 34.0. The number of hydrogen-bond acceptors (Lipinski definition) is 4. The Kier molecular flexibility index (Phi) is 3.60. The minimum absolute atomic E-state index is 0.0424. The Balaban J connectivity index is 1.47. The molecule has 0 aliphatic heterocycles. The van der Waals surface area contributed by atoms with Crippen LogP contribution in [0.4, 0.5) is 8.78 Å². The first-order valence-electron chi connectivity index (χ1n) is 9.09. The molecule has 1 aromatic heterocycles. The molecule has 4 saturated carbocycles. The first kappa shape index (κ1) is 17.0. The molecule has 2 aromatic rings. The van der Waals surface area contributed by atoms with E-state index in [-0.39, 0.29) is 16.1 Å². The Hall–Kier alpha value is -2.09. The van der Waals surface area contributed by atoms with Crippen LogP contribution in [0.3, 0.4) is 0 Å². The lowest BCUT2D eigenvalue weighted by Gasteiger charge is -2.61.